The smallest absolute Gasteiger partial charge is 0.105 e. The van der Waals surface area contributed by atoms with Gasteiger partial charge < -0.3 is 0 Å². The van der Waals surface area contributed by atoms with Gasteiger partial charge in [0.2, 0.25) is 0 Å². The average molecular weight is 309 g/mol. The number of rotatable bonds is 8. The van der Waals surface area contributed by atoms with Gasteiger partial charge in [0.25, 0.3) is 0 Å². The molecule has 0 saturated carbocycles. The van der Waals surface area contributed by atoms with Gasteiger partial charge in [0.15, 0.2) is 0 Å². The number of aryl methyl sites for hydroxylation is 1. The molecule has 20 heavy (non-hydrogen) atoms. The first-order chi connectivity index (χ1) is 9.77. The van der Waals surface area contributed by atoms with Crippen LogP contribution in [0.1, 0.15) is 44.1 Å². The van der Waals surface area contributed by atoms with Gasteiger partial charge in [-0.15, -0.1) is 23.2 Å². The van der Waals surface area contributed by atoms with E-state index in [1.807, 2.05) is 0 Å². The van der Waals surface area contributed by atoms with Crippen molar-refractivity contribution in [2.24, 2.45) is 0 Å². The van der Waals surface area contributed by atoms with Crippen LogP contribution in [0.15, 0.2) is 42.5 Å². The van der Waals surface area contributed by atoms with E-state index in [2.05, 4.69) is 42.5 Å². The molecule has 108 valence electrons. The molecule has 0 atom stereocenters. The highest BCUT2D eigenvalue weighted by Crippen LogP contribution is 2.21. The van der Waals surface area contributed by atoms with Crippen LogP contribution >= 0.6 is 23.2 Å². The SMILES string of the molecule is ClC(Cl)CCCCCCCc1cccc2ccccc12. The highest BCUT2D eigenvalue weighted by atomic mass is 35.5. The molecular weight excluding hydrogens is 287 g/mol. The zero-order valence-electron chi connectivity index (χ0n) is 11.8. The summed E-state index contributed by atoms with van der Waals surface area (Å²) in [6, 6.07) is 15.3. The number of fused-ring (bicyclic) bond motifs is 1. The second kappa shape index (κ2) is 8.54. The number of unbranched alkanes of at least 4 members (excludes halogenated alkanes) is 4. The van der Waals surface area contributed by atoms with Crippen LogP contribution in [0.2, 0.25) is 0 Å². The van der Waals surface area contributed by atoms with Crippen LogP contribution in [0.4, 0.5) is 0 Å². The molecule has 0 saturated heterocycles. The predicted octanol–water partition coefficient (Wildman–Crippen LogP) is 6.53. The Morgan fingerprint density at radius 2 is 1.45 bits per heavy atom. The van der Waals surface area contributed by atoms with Gasteiger partial charge in [-0.1, -0.05) is 68.1 Å². The molecule has 0 aromatic heterocycles. The first kappa shape index (κ1) is 15.7. The lowest BCUT2D eigenvalue weighted by Crippen LogP contribution is -1.89. The van der Waals surface area contributed by atoms with E-state index in [-0.39, 0.29) is 4.84 Å². The van der Waals surface area contributed by atoms with Crippen molar-refractivity contribution in [3.63, 3.8) is 0 Å². The minimum absolute atomic E-state index is 0.189. The maximum Gasteiger partial charge on any atom is 0.107 e. The molecule has 0 aliphatic carbocycles. The lowest BCUT2D eigenvalue weighted by molar-refractivity contribution is 0.604. The van der Waals surface area contributed by atoms with Gasteiger partial charge in [0.05, 0.1) is 0 Å². The van der Waals surface area contributed by atoms with Crippen LogP contribution in [0.3, 0.4) is 0 Å². The topological polar surface area (TPSA) is 0 Å². The summed E-state index contributed by atoms with van der Waals surface area (Å²) < 4.78 is 0. The molecule has 0 aliphatic heterocycles. The molecule has 0 unspecified atom stereocenters. The van der Waals surface area contributed by atoms with Crippen molar-refractivity contribution in [3.8, 4) is 0 Å². The highest BCUT2D eigenvalue weighted by Gasteiger charge is 2.01. The van der Waals surface area contributed by atoms with Crippen LogP contribution in [-0.4, -0.2) is 4.84 Å². The van der Waals surface area contributed by atoms with Crippen LogP contribution in [-0.2, 0) is 6.42 Å². The minimum atomic E-state index is -0.189. The molecular formula is C18H22Cl2. The summed E-state index contributed by atoms with van der Waals surface area (Å²) in [6.45, 7) is 0. The minimum Gasteiger partial charge on any atom is -0.105 e. The van der Waals surface area contributed by atoms with Gasteiger partial charge in [0, 0.05) is 0 Å². The van der Waals surface area contributed by atoms with Crippen molar-refractivity contribution in [1.82, 2.24) is 0 Å². The number of halogens is 2. The second-order valence-electron chi connectivity index (χ2n) is 5.34. The molecule has 0 heterocycles. The molecule has 0 aliphatic rings. The fourth-order valence-electron chi connectivity index (χ4n) is 2.65. The molecule has 0 N–H and O–H groups in total. The Balaban J connectivity index is 1.73. The van der Waals surface area contributed by atoms with Gasteiger partial charge >= 0.3 is 0 Å². The molecule has 2 rings (SSSR count). The van der Waals surface area contributed by atoms with Gasteiger partial charge in [-0.25, -0.2) is 0 Å². The van der Waals surface area contributed by atoms with Crippen molar-refractivity contribution >= 4 is 34.0 Å². The van der Waals surface area contributed by atoms with Crippen molar-refractivity contribution in [3.05, 3.63) is 48.0 Å². The third-order valence-corrected chi connectivity index (χ3v) is 4.18. The number of alkyl halides is 2. The lowest BCUT2D eigenvalue weighted by Gasteiger charge is -2.06. The van der Waals surface area contributed by atoms with E-state index >= 15 is 0 Å². The van der Waals surface area contributed by atoms with Crippen molar-refractivity contribution in [1.29, 1.82) is 0 Å². The van der Waals surface area contributed by atoms with Crippen molar-refractivity contribution in [2.45, 2.75) is 49.8 Å². The Morgan fingerprint density at radius 1 is 0.750 bits per heavy atom. The molecule has 0 fully saturated rings. The third-order valence-electron chi connectivity index (χ3n) is 3.75. The van der Waals surface area contributed by atoms with E-state index in [4.69, 9.17) is 23.2 Å². The lowest BCUT2D eigenvalue weighted by atomic mass is 9.99. The molecule has 2 aromatic carbocycles. The summed E-state index contributed by atoms with van der Waals surface area (Å²) >= 11 is 11.4. The predicted molar refractivity (Wildman–Crippen MR) is 90.8 cm³/mol. The third kappa shape index (κ3) is 5.00. The summed E-state index contributed by atoms with van der Waals surface area (Å²) in [4.78, 5) is -0.189. The van der Waals surface area contributed by atoms with Gasteiger partial charge in [0.1, 0.15) is 4.84 Å². The van der Waals surface area contributed by atoms with E-state index in [1.165, 1.54) is 48.4 Å². The van der Waals surface area contributed by atoms with Crippen LogP contribution in [0, 0.1) is 0 Å². The fraction of sp³-hybridized carbons (Fsp3) is 0.444. The molecule has 0 radical (unpaired) electrons. The number of hydrogen-bond donors (Lipinski definition) is 0. The molecule has 2 aromatic rings. The van der Waals surface area contributed by atoms with Gasteiger partial charge in [-0.3, -0.25) is 0 Å². The van der Waals surface area contributed by atoms with Crippen LogP contribution in [0.5, 0.6) is 0 Å². The Hall–Kier alpha value is -0.720. The summed E-state index contributed by atoms with van der Waals surface area (Å²) in [5, 5.41) is 2.75. The average Bonchev–Trinajstić information content (AvgIpc) is 2.46. The standard InChI is InChI=1S/C18H22Cl2/c19-18(20)14-5-3-1-2-4-9-15-11-8-12-16-10-6-7-13-17(15)16/h6-8,10-13,18H,1-5,9,14H2. The Kier molecular flexibility index (Phi) is 6.69. The molecule has 0 amide bonds. The summed E-state index contributed by atoms with van der Waals surface area (Å²) in [6.07, 6.45) is 8.32. The summed E-state index contributed by atoms with van der Waals surface area (Å²) in [5.74, 6) is 0. The van der Waals surface area contributed by atoms with E-state index in [9.17, 15) is 0 Å². The Morgan fingerprint density at radius 3 is 2.30 bits per heavy atom. The fourth-order valence-corrected chi connectivity index (χ4v) is 2.96. The largest absolute Gasteiger partial charge is 0.107 e. The normalized spacial score (nSPS) is 11.3. The Bertz CT molecular complexity index is 514. The van der Waals surface area contributed by atoms with Crippen molar-refractivity contribution in [2.75, 3.05) is 0 Å². The van der Waals surface area contributed by atoms with Crippen LogP contribution in [0.25, 0.3) is 10.8 Å². The maximum absolute atomic E-state index is 5.72. The molecule has 2 heteroatoms. The first-order valence-corrected chi connectivity index (χ1v) is 8.39. The van der Waals surface area contributed by atoms with Crippen molar-refractivity contribution < 1.29 is 0 Å². The van der Waals surface area contributed by atoms with Gasteiger partial charge in [-0.05, 0) is 35.6 Å². The maximum atomic E-state index is 5.72. The molecule has 0 spiro atoms. The van der Waals surface area contributed by atoms with E-state index in [1.54, 1.807) is 0 Å². The first-order valence-electron chi connectivity index (χ1n) is 7.52. The van der Waals surface area contributed by atoms with E-state index < -0.39 is 0 Å². The second-order valence-corrected chi connectivity index (χ2v) is 6.61. The van der Waals surface area contributed by atoms with E-state index in [0.29, 0.717) is 0 Å². The molecule has 0 nitrogen and oxygen atoms in total. The van der Waals surface area contributed by atoms with Gasteiger partial charge in [-0.2, -0.15) is 0 Å². The molecule has 0 bridgehead atoms. The number of benzene rings is 2. The highest BCUT2D eigenvalue weighted by molar-refractivity contribution is 6.44. The monoisotopic (exact) mass is 308 g/mol. The van der Waals surface area contributed by atoms with Crippen LogP contribution < -0.4 is 0 Å². The zero-order valence-corrected chi connectivity index (χ0v) is 13.3. The van der Waals surface area contributed by atoms with E-state index in [0.717, 1.165) is 12.8 Å². The Labute approximate surface area is 132 Å². The quantitative estimate of drug-likeness (QED) is 0.384. The summed E-state index contributed by atoms with van der Waals surface area (Å²) in [5.41, 5.74) is 1.48. The number of hydrogen-bond acceptors (Lipinski definition) is 0. The zero-order chi connectivity index (χ0) is 14.2. The summed E-state index contributed by atoms with van der Waals surface area (Å²) in [7, 11) is 0.